The largest absolute Gasteiger partial charge is 0.497 e. The summed E-state index contributed by atoms with van der Waals surface area (Å²) in [4.78, 5) is 12.5. The zero-order valence-electron chi connectivity index (χ0n) is 21.7. The van der Waals surface area contributed by atoms with Gasteiger partial charge in [0.2, 0.25) is 22.1 Å². The molecule has 1 heterocycles. The summed E-state index contributed by atoms with van der Waals surface area (Å²) in [5, 5.41) is 9.45. The number of allylic oxidation sites excluding steroid dienone is 1. The van der Waals surface area contributed by atoms with Gasteiger partial charge in [0.1, 0.15) is 12.4 Å². The Morgan fingerprint density at radius 2 is 1.82 bits per heavy atom. The number of methoxy groups -OCH3 is 1. The molecule has 1 aliphatic rings. The van der Waals surface area contributed by atoms with Gasteiger partial charge in [0, 0.05) is 25.4 Å². The summed E-state index contributed by atoms with van der Waals surface area (Å²) < 4.78 is 87.8. The van der Waals surface area contributed by atoms with Crippen LogP contribution in [0.1, 0.15) is 23.5 Å². The van der Waals surface area contributed by atoms with Gasteiger partial charge in [0.25, 0.3) is 0 Å². The number of halogens is 3. The SMILES string of the molecule is C=CCOC(=O)C1=C[C@H](c2ccc(C(F)(F)F)cc2)C[C@H](OCCN(CCO)S(=O)(=O)c2ccc(OC)cc2)O1. The van der Waals surface area contributed by atoms with Gasteiger partial charge in [-0.25, -0.2) is 13.2 Å². The molecule has 3 rings (SSSR count). The normalized spacial score (nSPS) is 17.6. The summed E-state index contributed by atoms with van der Waals surface area (Å²) in [5.41, 5.74) is -0.323. The number of sulfonamides is 1. The van der Waals surface area contributed by atoms with Gasteiger partial charge in [-0.05, 0) is 48.0 Å². The maximum absolute atomic E-state index is 13.1. The number of hydrogen-bond acceptors (Lipinski definition) is 8. The number of esters is 1. The summed E-state index contributed by atoms with van der Waals surface area (Å²) in [5.74, 6) is -1.08. The van der Waals surface area contributed by atoms with Crippen molar-refractivity contribution in [1.82, 2.24) is 4.31 Å². The van der Waals surface area contributed by atoms with E-state index in [1.165, 1.54) is 55.7 Å². The van der Waals surface area contributed by atoms with E-state index in [1.54, 1.807) is 0 Å². The topological polar surface area (TPSA) is 112 Å². The molecule has 0 saturated heterocycles. The first-order chi connectivity index (χ1) is 19.0. The van der Waals surface area contributed by atoms with Crippen LogP contribution in [0.5, 0.6) is 5.75 Å². The summed E-state index contributed by atoms with van der Waals surface area (Å²) >= 11 is 0. The van der Waals surface area contributed by atoms with Crippen molar-refractivity contribution in [3.8, 4) is 5.75 Å². The van der Waals surface area contributed by atoms with Crippen molar-refractivity contribution in [3.63, 3.8) is 0 Å². The predicted molar refractivity (Wildman–Crippen MR) is 138 cm³/mol. The Morgan fingerprint density at radius 3 is 2.40 bits per heavy atom. The number of carbonyl (C=O) groups excluding carboxylic acids is 1. The van der Waals surface area contributed by atoms with Crippen LogP contribution in [0.15, 0.2) is 77.9 Å². The highest BCUT2D eigenvalue weighted by Crippen LogP contribution is 2.35. The van der Waals surface area contributed by atoms with Crippen molar-refractivity contribution in [2.75, 3.05) is 40.0 Å². The standard InChI is InChI=1S/C27H30F3NO8S/c1-3-15-38-26(33)24-17-20(19-4-6-21(7-5-19)27(28,29)30)18-25(39-24)37-16-13-31(12-14-32)40(34,35)23-10-8-22(36-2)9-11-23/h3-11,17,20,25,32H,1,12-16,18H2,2H3/t20-,25+/m0/s1. The molecule has 0 aromatic heterocycles. The molecule has 0 aliphatic carbocycles. The van der Waals surface area contributed by atoms with Crippen LogP contribution < -0.4 is 4.74 Å². The van der Waals surface area contributed by atoms with Crippen LogP contribution in [-0.2, 0) is 35.2 Å². The Labute approximate surface area is 230 Å². The molecule has 1 aliphatic heterocycles. The van der Waals surface area contributed by atoms with Crippen molar-refractivity contribution in [1.29, 1.82) is 0 Å². The molecule has 9 nitrogen and oxygen atoms in total. The Balaban J connectivity index is 1.74. The average molecular weight is 586 g/mol. The number of aliphatic hydroxyl groups excluding tert-OH is 1. The number of alkyl halides is 3. The highest BCUT2D eigenvalue weighted by molar-refractivity contribution is 7.89. The van der Waals surface area contributed by atoms with Crippen molar-refractivity contribution in [3.05, 3.63) is 84.1 Å². The minimum absolute atomic E-state index is 0.00628. The molecule has 40 heavy (non-hydrogen) atoms. The van der Waals surface area contributed by atoms with Crippen LogP contribution in [0.25, 0.3) is 0 Å². The molecule has 218 valence electrons. The van der Waals surface area contributed by atoms with Crippen LogP contribution in [0.3, 0.4) is 0 Å². The fourth-order valence-electron chi connectivity index (χ4n) is 3.91. The molecule has 2 aromatic rings. The van der Waals surface area contributed by atoms with Crippen LogP contribution in [-0.4, -0.2) is 70.1 Å². The predicted octanol–water partition coefficient (Wildman–Crippen LogP) is 3.86. The second-order valence-electron chi connectivity index (χ2n) is 8.60. The fourth-order valence-corrected chi connectivity index (χ4v) is 5.32. The third-order valence-corrected chi connectivity index (χ3v) is 7.86. The van der Waals surface area contributed by atoms with Crippen molar-refractivity contribution in [2.45, 2.75) is 29.7 Å². The summed E-state index contributed by atoms with van der Waals surface area (Å²) in [7, 11) is -2.53. The molecule has 13 heteroatoms. The van der Waals surface area contributed by atoms with Crippen LogP contribution in [0.2, 0.25) is 0 Å². The molecule has 0 saturated carbocycles. The minimum atomic E-state index is -4.50. The number of aliphatic hydroxyl groups is 1. The van der Waals surface area contributed by atoms with Crippen molar-refractivity contribution >= 4 is 16.0 Å². The minimum Gasteiger partial charge on any atom is -0.497 e. The van der Waals surface area contributed by atoms with E-state index < -0.39 is 46.5 Å². The molecule has 0 bridgehead atoms. The lowest BCUT2D eigenvalue weighted by Crippen LogP contribution is -2.37. The Morgan fingerprint density at radius 1 is 1.15 bits per heavy atom. The van der Waals surface area contributed by atoms with Crippen molar-refractivity contribution in [2.24, 2.45) is 0 Å². The van der Waals surface area contributed by atoms with E-state index in [1.807, 2.05) is 0 Å². The second-order valence-corrected chi connectivity index (χ2v) is 10.5. The Bertz CT molecular complexity index is 1280. The first-order valence-electron chi connectivity index (χ1n) is 12.2. The van der Waals surface area contributed by atoms with E-state index in [0.29, 0.717) is 11.3 Å². The zero-order chi connectivity index (χ0) is 29.3. The molecule has 0 amide bonds. The van der Waals surface area contributed by atoms with Gasteiger partial charge in [0.05, 0.1) is 30.8 Å². The molecule has 0 fully saturated rings. The Hall–Kier alpha value is -3.39. The van der Waals surface area contributed by atoms with E-state index in [0.717, 1.165) is 16.4 Å². The van der Waals surface area contributed by atoms with Gasteiger partial charge in [0.15, 0.2) is 0 Å². The molecule has 0 radical (unpaired) electrons. The number of hydrogen-bond donors (Lipinski definition) is 1. The molecule has 0 unspecified atom stereocenters. The number of ether oxygens (including phenoxy) is 4. The third kappa shape index (κ3) is 8.07. The van der Waals surface area contributed by atoms with E-state index >= 15 is 0 Å². The fraction of sp³-hybridized carbons (Fsp3) is 0.370. The van der Waals surface area contributed by atoms with Gasteiger partial charge in [-0.1, -0.05) is 24.8 Å². The highest BCUT2D eigenvalue weighted by Gasteiger charge is 2.33. The van der Waals surface area contributed by atoms with Gasteiger partial charge in [-0.15, -0.1) is 0 Å². The lowest BCUT2D eigenvalue weighted by atomic mass is 9.92. The quantitative estimate of drug-likeness (QED) is 0.279. The number of rotatable bonds is 13. The summed E-state index contributed by atoms with van der Waals surface area (Å²) in [6.45, 7) is 2.43. The van der Waals surface area contributed by atoms with Gasteiger partial charge >= 0.3 is 12.1 Å². The number of nitrogens with zero attached hydrogens (tertiary/aromatic N) is 1. The summed E-state index contributed by atoms with van der Waals surface area (Å²) in [6.07, 6.45) is -2.60. The van der Waals surface area contributed by atoms with E-state index in [9.17, 15) is 31.5 Å². The average Bonchev–Trinajstić information content (AvgIpc) is 2.94. The molecule has 1 N–H and O–H groups in total. The first kappa shape index (κ1) is 31.1. The molecule has 2 atom stereocenters. The zero-order valence-corrected chi connectivity index (χ0v) is 22.5. The third-order valence-electron chi connectivity index (χ3n) is 5.95. The lowest BCUT2D eigenvalue weighted by molar-refractivity contribution is -0.160. The van der Waals surface area contributed by atoms with Gasteiger partial charge in [-0.3, -0.25) is 0 Å². The van der Waals surface area contributed by atoms with Gasteiger partial charge in [-0.2, -0.15) is 17.5 Å². The first-order valence-corrected chi connectivity index (χ1v) is 13.6. The number of carbonyl (C=O) groups is 1. The second kappa shape index (κ2) is 13.8. The van der Waals surface area contributed by atoms with Crippen LogP contribution >= 0.6 is 0 Å². The van der Waals surface area contributed by atoms with Crippen molar-refractivity contribution < 1.29 is 50.4 Å². The Kier molecular flexibility index (Phi) is 10.7. The van der Waals surface area contributed by atoms with E-state index in [2.05, 4.69) is 6.58 Å². The van der Waals surface area contributed by atoms with Crippen LogP contribution in [0, 0.1) is 0 Å². The molecule has 0 spiro atoms. The molecule has 2 aromatic carbocycles. The lowest BCUT2D eigenvalue weighted by Gasteiger charge is -2.30. The monoisotopic (exact) mass is 585 g/mol. The van der Waals surface area contributed by atoms with Crippen LogP contribution in [0.4, 0.5) is 13.2 Å². The smallest absolute Gasteiger partial charge is 0.416 e. The molecular formula is C27H30F3NO8S. The summed E-state index contributed by atoms with van der Waals surface area (Å²) in [6, 6.07) is 10.3. The van der Waals surface area contributed by atoms with E-state index in [-0.39, 0.29) is 43.4 Å². The maximum atomic E-state index is 13.1. The van der Waals surface area contributed by atoms with E-state index in [4.69, 9.17) is 18.9 Å². The number of benzene rings is 2. The highest BCUT2D eigenvalue weighted by atomic mass is 32.2. The molecular weight excluding hydrogens is 555 g/mol. The maximum Gasteiger partial charge on any atom is 0.416 e. The van der Waals surface area contributed by atoms with Gasteiger partial charge < -0.3 is 24.1 Å².